The van der Waals surface area contributed by atoms with Crippen LogP contribution < -0.4 is 15.4 Å². The third-order valence-corrected chi connectivity index (χ3v) is 4.74. The molecule has 0 aromatic heterocycles. The molecule has 0 radical (unpaired) electrons. The van der Waals surface area contributed by atoms with Gasteiger partial charge in [0.1, 0.15) is 16.8 Å². The van der Waals surface area contributed by atoms with Crippen LogP contribution in [-0.4, -0.2) is 28.8 Å². The average Bonchev–Trinajstić information content (AvgIpc) is 2.98. The smallest absolute Gasteiger partial charge is 0.240 e. The van der Waals surface area contributed by atoms with Gasteiger partial charge in [-0.15, -0.1) is 0 Å². The summed E-state index contributed by atoms with van der Waals surface area (Å²) in [7, 11) is 0. The van der Waals surface area contributed by atoms with Crippen molar-refractivity contribution in [1.82, 2.24) is 5.32 Å². The van der Waals surface area contributed by atoms with Crippen molar-refractivity contribution < 1.29 is 18.7 Å². The second-order valence-electron chi connectivity index (χ2n) is 5.70. The number of nitrogens with one attached hydrogen (secondary N) is 2. The largest absolute Gasteiger partial charge is 0.494 e. The van der Waals surface area contributed by atoms with Crippen molar-refractivity contribution in [3.05, 3.63) is 54.3 Å². The summed E-state index contributed by atoms with van der Waals surface area (Å²) in [6.07, 6.45) is -0.00380. The first kappa shape index (κ1) is 18.9. The van der Waals surface area contributed by atoms with Crippen LogP contribution in [0.1, 0.15) is 13.3 Å². The molecule has 1 saturated heterocycles. The van der Waals surface area contributed by atoms with E-state index in [1.54, 1.807) is 24.3 Å². The standard InChI is InChI=1S/C19H18FN3O3S/c1-2-26-15-9-7-14(8-10-15)22-19-23-18(25)16(27-19)11-17(24)21-13-5-3-12(20)4-6-13/h3-10,16H,2,11H2,1H3,(H,21,24)(H,22,23,25)/t16-/m0/s1. The van der Waals surface area contributed by atoms with Gasteiger partial charge in [-0.1, -0.05) is 11.8 Å². The molecule has 0 saturated carbocycles. The van der Waals surface area contributed by atoms with Gasteiger partial charge in [-0.25, -0.2) is 9.38 Å². The zero-order chi connectivity index (χ0) is 19.2. The lowest BCUT2D eigenvalue weighted by Gasteiger charge is -2.07. The van der Waals surface area contributed by atoms with E-state index in [-0.39, 0.29) is 24.1 Å². The number of thioether (sulfide) groups is 1. The lowest BCUT2D eigenvalue weighted by atomic mass is 10.2. The van der Waals surface area contributed by atoms with Crippen LogP contribution in [-0.2, 0) is 9.59 Å². The van der Waals surface area contributed by atoms with Gasteiger partial charge in [-0.3, -0.25) is 9.59 Å². The van der Waals surface area contributed by atoms with Gasteiger partial charge in [0.2, 0.25) is 11.8 Å². The van der Waals surface area contributed by atoms with Gasteiger partial charge < -0.3 is 15.4 Å². The number of aliphatic imine (C=N–C) groups is 1. The van der Waals surface area contributed by atoms with E-state index in [1.807, 2.05) is 6.92 Å². The molecule has 1 aliphatic heterocycles. The van der Waals surface area contributed by atoms with E-state index in [0.29, 0.717) is 23.1 Å². The number of hydrogen-bond acceptors (Lipinski definition) is 5. The summed E-state index contributed by atoms with van der Waals surface area (Å²) in [6, 6.07) is 12.6. The van der Waals surface area contributed by atoms with Gasteiger partial charge >= 0.3 is 0 Å². The fourth-order valence-electron chi connectivity index (χ4n) is 2.41. The van der Waals surface area contributed by atoms with Gasteiger partial charge in [-0.2, -0.15) is 0 Å². The van der Waals surface area contributed by atoms with Crippen LogP contribution in [0.4, 0.5) is 15.8 Å². The number of benzene rings is 2. The Bertz CT molecular complexity index is 854. The number of anilines is 1. The van der Waals surface area contributed by atoms with Crippen molar-refractivity contribution in [3.8, 4) is 5.75 Å². The van der Waals surface area contributed by atoms with Crippen LogP contribution in [0.15, 0.2) is 53.5 Å². The zero-order valence-electron chi connectivity index (χ0n) is 14.6. The van der Waals surface area contributed by atoms with Gasteiger partial charge in [0.25, 0.3) is 0 Å². The molecule has 1 fully saturated rings. The molecule has 0 spiro atoms. The number of amides is 2. The summed E-state index contributed by atoms with van der Waals surface area (Å²) in [5, 5.41) is 5.21. The fourth-order valence-corrected chi connectivity index (χ4v) is 3.39. The summed E-state index contributed by atoms with van der Waals surface area (Å²) < 4.78 is 18.3. The number of hydrogen-bond donors (Lipinski definition) is 2. The normalized spacial score (nSPS) is 17.6. The molecule has 0 unspecified atom stereocenters. The van der Waals surface area contributed by atoms with Crippen molar-refractivity contribution in [2.24, 2.45) is 4.99 Å². The number of ether oxygens (including phenoxy) is 1. The van der Waals surface area contributed by atoms with Crippen LogP contribution in [0.5, 0.6) is 5.75 Å². The lowest BCUT2D eigenvalue weighted by Crippen LogP contribution is -2.28. The number of carbonyl (C=O) groups excluding carboxylic acids is 2. The topological polar surface area (TPSA) is 79.8 Å². The van der Waals surface area contributed by atoms with Crippen molar-refractivity contribution in [2.75, 3.05) is 11.9 Å². The third kappa shape index (κ3) is 5.30. The Balaban J connectivity index is 1.57. The Labute approximate surface area is 160 Å². The third-order valence-electron chi connectivity index (χ3n) is 3.65. The van der Waals surface area contributed by atoms with E-state index in [1.165, 1.54) is 36.0 Å². The maximum atomic E-state index is 12.9. The van der Waals surface area contributed by atoms with Crippen molar-refractivity contribution >= 4 is 40.1 Å². The van der Waals surface area contributed by atoms with E-state index < -0.39 is 5.25 Å². The first-order valence-corrected chi connectivity index (χ1v) is 9.26. The number of halogens is 1. The quantitative estimate of drug-likeness (QED) is 0.795. The summed E-state index contributed by atoms with van der Waals surface area (Å²) in [5.41, 5.74) is 1.16. The number of nitrogens with zero attached hydrogens (tertiary/aromatic N) is 1. The summed E-state index contributed by atoms with van der Waals surface area (Å²) >= 11 is 1.21. The van der Waals surface area contributed by atoms with E-state index >= 15 is 0 Å². The Kier molecular flexibility index (Phi) is 6.08. The highest BCUT2D eigenvalue weighted by atomic mass is 32.2. The molecule has 27 heavy (non-hydrogen) atoms. The number of carbonyl (C=O) groups is 2. The molecule has 2 N–H and O–H groups in total. The number of amidine groups is 1. The van der Waals surface area contributed by atoms with E-state index in [4.69, 9.17) is 4.74 Å². The molecule has 2 amide bonds. The molecular weight excluding hydrogens is 369 g/mol. The van der Waals surface area contributed by atoms with E-state index in [9.17, 15) is 14.0 Å². The Morgan fingerprint density at radius 3 is 2.59 bits per heavy atom. The minimum atomic E-state index is -0.563. The highest BCUT2D eigenvalue weighted by Gasteiger charge is 2.32. The van der Waals surface area contributed by atoms with Gasteiger partial charge in [0, 0.05) is 12.1 Å². The first-order valence-electron chi connectivity index (χ1n) is 8.38. The zero-order valence-corrected chi connectivity index (χ0v) is 15.4. The summed E-state index contributed by atoms with van der Waals surface area (Å²) in [4.78, 5) is 28.6. The van der Waals surface area contributed by atoms with Crippen LogP contribution in [0, 0.1) is 5.82 Å². The van der Waals surface area contributed by atoms with Gasteiger partial charge in [-0.05, 0) is 55.5 Å². The molecular formula is C19H18FN3O3S. The van der Waals surface area contributed by atoms with Crippen molar-refractivity contribution in [3.63, 3.8) is 0 Å². The predicted molar refractivity (Wildman–Crippen MR) is 104 cm³/mol. The molecule has 8 heteroatoms. The molecule has 1 aliphatic rings. The summed E-state index contributed by atoms with van der Waals surface area (Å²) in [5.74, 6) is -0.218. The molecule has 140 valence electrons. The van der Waals surface area contributed by atoms with Crippen LogP contribution in [0.2, 0.25) is 0 Å². The Morgan fingerprint density at radius 2 is 1.93 bits per heavy atom. The molecule has 0 aliphatic carbocycles. The minimum absolute atomic E-state index is 0.00380. The minimum Gasteiger partial charge on any atom is -0.494 e. The molecule has 3 rings (SSSR count). The highest BCUT2D eigenvalue weighted by molar-refractivity contribution is 8.15. The average molecular weight is 387 g/mol. The van der Waals surface area contributed by atoms with Gasteiger partial charge in [0.05, 0.1) is 12.3 Å². The molecule has 2 aromatic rings. The van der Waals surface area contributed by atoms with Crippen molar-refractivity contribution in [2.45, 2.75) is 18.6 Å². The Hall–Kier alpha value is -2.87. The van der Waals surface area contributed by atoms with E-state index in [0.717, 1.165) is 5.75 Å². The van der Waals surface area contributed by atoms with Crippen molar-refractivity contribution in [1.29, 1.82) is 0 Å². The van der Waals surface area contributed by atoms with Gasteiger partial charge in [0.15, 0.2) is 5.17 Å². The fraction of sp³-hybridized carbons (Fsp3) is 0.211. The van der Waals surface area contributed by atoms with Crippen LogP contribution in [0.25, 0.3) is 0 Å². The van der Waals surface area contributed by atoms with Crippen LogP contribution in [0.3, 0.4) is 0 Å². The van der Waals surface area contributed by atoms with E-state index in [2.05, 4.69) is 15.6 Å². The maximum Gasteiger partial charge on any atom is 0.240 e. The highest BCUT2D eigenvalue weighted by Crippen LogP contribution is 2.26. The molecule has 2 aromatic carbocycles. The molecule has 1 atom stereocenters. The second-order valence-corrected chi connectivity index (χ2v) is 6.89. The lowest BCUT2D eigenvalue weighted by molar-refractivity contribution is -0.122. The maximum absolute atomic E-state index is 12.9. The number of rotatable bonds is 6. The second kappa shape index (κ2) is 8.68. The summed E-state index contributed by atoms with van der Waals surface area (Å²) in [6.45, 7) is 2.49. The monoisotopic (exact) mass is 387 g/mol. The molecule has 1 heterocycles. The SMILES string of the molecule is CCOc1ccc(N=C2NC(=O)[C@H](CC(=O)Nc3ccc(F)cc3)S2)cc1. The first-order chi connectivity index (χ1) is 13.0. The molecule has 0 bridgehead atoms. The molecule has 6 nitrogen and oxygen atoms in total. The Morgan fingerprint density at radius 1 is 1.22 bits per heavy atom. The van der Waals surface area contributed by atoms with Crippen LogP contribution >= 0.6 is 11.8 Å². The predicted octanol–water partition coefficient (Wildman–Crippen LogP) is 3.47.